The molecule has 0 saturated carbocycles. The lowest BCUT2D eigenvalue weighted by Gasteiger charge is -2.35. The Morgan fingerprint density at radius 2 is 0.774 bits per heavy atom. The van der Waals surface area contributed by atoms with E-state index in [9.17, 15) is 19.6 Å². The molecule has 4 amide bonds. The molecule has 0 unspecified atom stereocenters. The summed E-state index contributed by atoms with van der Waals surface area (Å²) >= 11 is 3.36. The van der Waals surface area contributed by atoms with Crippen molar-refractivity contribution < 1.29 is 48.3 Å². The molecule has 22 nitrogen and oxygen atoms in total. The number of rotatable bonds is 16. The minimum absolute atomic E-state index is 0.0436. The molecule has 23 heteroatoms. The van der Waals surface area contributed by atoms with Gasteiger partial charge in [-0.05, 0) is 230 Å². The van der Waals surface area contributed by atoms with Crippen molar-refractivity contribution >= 4 is 68.4 Å². The van der Waals surface area contributed by atoms with Crippen molar-refractivity contribution in [1.82, 2.24) is 19.6 Å². The van der Waals surface area contributed by atoms with Crippen LogP contribution in [0, 0.1) is 25.1 Å². The highest BCUT2D eigenvalue weighted by Gasteiger charge is 2.33. The lowest BCUT2D eigenvalue weighted by Crippen LogP contribution is -2.50. The molecule has 1 aliphatic heterocycles. The number of alkyl halides is 1. The van der Waals surface area contributed by atoms with Gasteiger partial charge in [0.25, 0.3) is 0 Å². The Bertz CT molecular complexity index is 5420. The maximum Gasteiger partial charge on any atom is 0.412 e. The highest BCUT2D eigenvalue weighted by atomic mass is 79.9. The van der Waals surface area contributed by atoms with Crippen molar-refractivity contribution in [3.05, 3.63) is 364 Å². The fourth-order valence-electron chi connectivity index (χ4n) is 11.3. The van der Waals surface area contributed by atoms with Crippen LogP contribution in [0.15, 0.2) is 303 Å². The fourth-order valence-corrected chi connectivity index (χ4v) is 11.7. The number of halogens is 1. The van der Waals surface area contributed by atoms with Crippen LogP contribution in [0.25, 0.3) is 16.4 Å². The number of nitrogen functional groups attached to an aromatic ring is 2. The number of nitrogens with two attached hydrogens (primary N) is 2. The largest absolute Gasteiger partial charge is 0.508 e. The van der Waals surface area contributed by atoms with Gasteiger partial charge in [0.15, 0.2) is 5.69 Å². The minimum Gasteiger partial charge on any atom is -0.508 e. The summed E-state index contributed by atoms with van der Waals surface area (Å²) in [5, 5.41) is 46.6. The molecule has 0 spiro atoms. The van der Waals surface area contributed by atoms with E-state index < -0.39 is 23.4 Å². The quantitative estimate of drug-likeness (QED) is 0.0227. The number of nitrogens with zero attached hydrogens (tertiary/aromatic N) is 7. The molecule has 14 rings (SSSR count). The summed E-state index contributed by atoms with van der Waals surface area (Å²) in [4.78, 5) is 40.5. The van der Waals surface area contributed by atoms with Gasteiger partial charge in [0.1, 0.15) is 65.6 Å². The number of urea groups is 1. The molecule has 1 fully saturated rings. The first-order valence-electron chi connectivity index (χ1n) is 40.6. The SMILES string of the molecule is BrCc1ccccc1.CC(C)(C)OC(=O)Nc1ccc(O)cc1.CC(C)(C)OC(=O)Nc1ccc(OCc2ccccc2)cc1.Cc1ccc(-n2nc(C(C)(C)C)cc2C#[N+][O-])cc1.Cc1ccc(-n2nc(C(C)(C)C)cc2N2CCCN(c3ccc(OCc4ccccc4)cc3)C2=O)cc1.Nc1ccc(O)cc1.Nc1ccc(OCc2ccccc2)cc1. The van der Waals surface area contributed by atoms with E-state index in [1.165, 1.54) is 28.8 Å². The van der Waals surface area contributed by atoms with Crippen LogP contribution in [0.4, 0.5) is 48.6 Å². The van der Waals surface area contributed by atoms with Crippen LogP contribution in [-0.4, -0.2) is 72.3 Å². The predicted molar refractivity (Wildman–Crippen MR) is 504 cm³/mol. The smallest absolute Gasteiger partial charge is 0.412 e. The number of carbonyl (C=O) groups excluding carboxylic acids is 3. The lowest BCUT2D eigenvalue weighted by molar-refractivity contribution is 0.0624. The third kappa shape index (κ3) is 33.6. The number of aromatic nitrogens is 4. The van der Waals surface area contributed by atoms with E-state index in [2.05, 4.69) is 134 Å². The van der Waals surface area contributed by atoms with Gasteiger partial charge >= 0.3 is 24.3 Å². The molecular formula is C101H114BrN11O11. The Hall–Kier alpha value is -14.0. The second-order valence-electron chi connectivity index (χ2n) is 32.9. The van der Waals surface area contributed by atoms with Gasteiger partial charge in [0.05, 0.1) is 22.8 Å². The molecule has 0 radical (unpaired) electrons. The number of hydrogen-bond donors (Lipinski definition) is 6. The van der Waals surface area contributed by atoms with Crippen molar-refractivity contribution in [3.63, 3.8) is 0 Å². The number of hydrogen-bond acceptors (Lipinski definition) is 15. The summed E-state index contributed by atoms with van der Waals surface area (Å²) in [5.74, 6) is 3.57. The van der Waals surface area contributed by atoms with Crippen LogP contribution >= 0.6 is 15.9 Å². The Balaban J connectivity index is 0.000000191. The van der Waals surface area contributed by atoms with E-state index in [-0.39, 0.29) is 28.4 Å². The van der Waals surface area contributed by atoms with Gasteiger partial charge in [-0.1, -0.05) is 214 Å². The summed E-state index contributed by atoms with van der Waals surface area (Å²) in [6.07, 6.45) is -0.110. The highest BCUT2D eigenvalue weighted by Crippen LogP contribution is 2.34. The normalized spacial score (nSPS) is 11.5. The topological polar surface area (TPSA) is 283 Å². The van der Waals surface area contributed by atoms with Crippen LogP contribution < -0.4 is 46.1 Å². The molecule has 0 aliphatic carbocycles. The molecule has 2 aromatic heterocycles. The number of ether oxygens (including phenoxy) is 5. The van der Waals surface area contributed by atoms with E-state index in [0.29, 0.717) is 55.7 Å². The molecule has 1 aliphatic rings. The van der Waals surface area contributed by atoms with Gasteiger partial charge in [-0.3, -0.25) is 20.4 Å². The number of anilines is 6. The van der Waals surface area contributed by atoms with E-state index in [0.717, 1.165) is 85.6 Å². The van der Waals surface area contributed by atoms with Crippen molar-refractivity contribution in [1.29, 1.82) is 0 Å². The number of carbonyl (C=O) groups is 3. The predicted octanol–water partition coefficient (Wildman–Crippen LogP) is 24.3. The Labute approximate surface area is 737 Å². The maximum atomic E-state index is 13.8. The van der Waals surface area contributed by atoms with E-state index in [1.54, 1.807) is 74.0 Å². The maximum absolute atomic E-state index is 13.8. The molecule has 646 valence electrons. The number of phenolic OH excluding ortho intramolecular Hbond substituents is 2. The van der Waals surface area contributed by atoms with Gasteiger partial charge in [-0.25, -0.2) is 23.7 Å². The molecular weight excluding hydrogens is 1620 g/mol. The zero-order valence-corrected chi connectivity index (χ0v) is 74.6. The lowest BCUT2D eigenvalue weighted by atomic mass is 9.92. The van der Waals surface area contributed by atoms with Crippen LogP contribution in [0.1, 0.15) is 140 Å². The summed E-state index contributed by atoms with van der Waals surface area (Å²) < 4.78 is 31.1. The van der Waals surface area contributed by atoms with Gasteiger partial charge in [0.2, 0.25) is 0 Å². The standard InChI is InChI=1S/C31H34N4O2.C18H21NO3.C15H17N3O.C13H13NO.C11H15NO3.C7H7Br.C6H7NO/c1-23-11-13-26(14-12-23)35-29(21-28(32-35)31(2,3)4)34-20-8-19-33(30(34)36)25-15-17-27(18-16-25)37-22-24-9-6-5-7-10-24;1-18(2,3)22-17(20)19-15-9-11-16(12-10-15)21-13-14-7-5-4-6-8-14;1-11-5-7-12(8-6-11)18-13(10-16-19)9-14(17-18)15(2,3)4;14-12-6-8-13(9-7-12)15-10-11-4-2-1-3-5-11;1-11(2,3)15-10(14)12-8-4-6-9(13)7-5-8;8-6-7-4-2-1-3-5-7;7-5-1-3-6(8)4-2-5/h5-7,9-18,21H,8,19-20,22H2,1-4H3;4-12H,13H2,1-3H3,(H,19,20);5-9H,1-4H3;1-9H,10,14H2;4-7,13H,1-3H3,(H,12,14);1-5H,6H2;1-4,8H,7H2. The molecule has 124 heavy (non-hydrogen) atoms. The number of amides is 4. The van der Waals surface area contributed by atoms with Gasteiger partial charge < -0.3 is 50.6 Å². The Kier molecular flexibility index (Phi) is 36.0. The van der Waals surface area contributed by atoms with Crippen LogP contribution in [0.5, 0.6) is 28.7 Å². The Morgan fingerprint density at radius 3 is 1.15 bits per heavy atom. The van der Waals surface area contributed by atoms with E-state index >= 15 is 0 Å². The van der Waals surface area contributed by atoms with Crippen LogP contribution in [0.2, 0.25) is 0 Å². The van der Waals surface area contributed by atoms with Gasteiger partial charge in [-0.2, -0.15) is 10.2 Å². The first kappa shape index (κ1) is 95.5. The highest BCUT2D eigenvalue weighted by molar-refractivity contribution is 9.08. The Morgan fingerprint density at radius 1 is 0.444 bits per heavy atom. The zero-order valence-electron chi connectivity index (χ0n) is 73.0. The average Bonchev–Trinajstić information content (AvgIpc) is 1.17. The van der Waals surface area contributed by atoms with Gasteiger partial charge in [0, 0.05) is 74.8 Å². The second-order valence-corrected chi connectivity index (χ2v) is 33.4. The second kappa shape index (κ2) is 46.7. The molecule has 0 atom stereocenters. The van der Waals surface area contributed by atoms with Crippen molar-refractivity contribution in [3.8, 4) is 46.2 Å². The third-order valence-corrected chi connectivity index (χ3v) is 18.5. The van der Waals surface area contributed by atoms with Crippen molar-refractivity contribution in [2.24, 2.45) is 0 Å². The first-order chi connectivity index (χ1) is 59.1. The van der Waals surface area contributed by atoms with Crippen molar-refractivity contribution in [2.45, 2.75) is 151 Å². The molecule has 0 bridgehead atoms. The third-order valence-electron chi connectivity index (χ3n) is 17.8. The number of aryl methyl sites for hydroxylation is 2. The molecule has 13 aromatic rings. The van der Waals surface area contributed by atoms with Gasteiger partial charge in [-0.15, -0.1) is 0 Å². The van der Waals surface area contributed by atoms with E-state index in [1.807, 2.05) is 242 Å². The number of nitrogens with one attached hydrogen (secondary N) is 2. The monoisotopic (exact) mass is 1740 g/mol. The molecule has 1 saturated heterocycles. The van der Waals surface area contributed by atoms with Crippen molar-refractivity contribution in [2.75, 3.05) is 45.0 Å². The molecule has 11 aromatic carbocycles. The molecule has 8 N–H and O–H groups in total. The van der Waals surface area contributed by atoms with E-state index in [4.69, 9.17) is 50.5 Å². The summed E-state index contributed by atoms with van der Waals surface area (Å²) in [6.45, 7) is 30.5. The minimum atomic E-state index is -0.513. The summed E-state index contributed by atoms with van der Waals surface area (Å²) in [6, 6.07) is 97.9. The number of phenols is 2. The average molecular weight is 1740 g/mol. The number of aromatic hydroxyl groups is 2. The fraction of sp³-hybridized carbons (Fsp3) is 0.248. The summed E-state index contributed by atoms with van der Waals surface area (Å²) in [5.41, 5.74) is 24.5. The van der Waals surface area contributed by atoms with Crippen LogP contribution in [0.3, 0.4) is 0 Å². The zero-order chi connectivity index (χ0) is 89.8. The first-order valence-corrected chi connectivity index (χ1v) is 41.7. The summed E-state index contributed by atoms with van der Waals surface area (Å²) in [7, 11) is 0. The molecule has 3 heterocycles. The number of benzene rings is 11. The van der Waals surface area contributed by atoms with Crippen LogP contribution in [-0.2, 0) is 45.5 Å².